The minimum absolute atomic E-state index is 0.0576. The van der Waals surface area contributed by atoms with Gasteiger partial charge in [-0.3, -0.25) is 14.4 Å². The van der Waals surface area contributed by atoms with Crippen molar-refractivity contribution < 1.29 is 33.8 Å². The molecule has 216 valence electrons. The molecule has 1 aromatic carbocycles. The van der Waals surface area contributed by atoms with E-state index in [1.807, 2.05) is 30.3 Å². The second-order valence-corrected chi connectivity index (χ2v) is 9.84. The number of ether oxygens (including phenoxy) is 2. The molecule has 0 spiro atoms. The van der Waals surface area contributed by atoms with Gasteiger partial charge in [0, 0.05) is 50.3 Å². The molecule has 40 heavy (non-hydrogen) atoms. The molecule has 2 N–H and O–H groups in total. The Morgan fingerprint density at radius 2 is 1.70 bits per heavy atom. The second kappa shape index (κ2) is 14.9. The van der Waals surface area contributed by atoms with Crippen LogP contribution in [0.25, 0.3) is 11.3 Å². The van der Waals surface area contributed by atoms with E-state index in [1.54, 1.807) is 19.9 Å². The summed E-state index contributed by atoms with van der Waals surface area (Å²) in [5.41, 5.74) is 1.39. The number of amides is 3. The Kier molecular flexibility index (Phi) is 11.3. The van der Waals surface area contributed by atoms with Crippen LogP contribution in [0.1, 0.15) is 56.9 Å². The molecular formula is C29H38N4O7. The zero-order valence-electron chi connectivity index (χ0n) is 23.3. The van der Waals surface area contributed by atoms with Crippen molar-refractivity contribution in [3.63, 3.8) is 0 Å². The number of carbonyl (C=O) groups is 4. The predicted octanol–water partition coefficient (Wildman–Crippen LogP) is 3.58. The van der Waals surface area contributed by atoms with Gasteiger partial charge in [-0.1, -0.05) is 43.7 Å². The van der Waals surface area contributed by atoms with Gasteiger partial charge in [-0.05, 0) is 26.7 Å². The Labute approximate surface area is 234 Å². The first-order valence-electron chi connectivity index (χ1n) is 13.6. The summed E-state index contributed by atoms with van der Waals surface area (Å²) < 4.78 is 11.1. The van der Waals surface area contributed by atoms with Crippen molar-refractivity contribution in [3.05, 3.63) is 48.2 Å². The molecule has 0 bridgehead atoms. The zero-order valence-corrected chi connectivity index (χ0v) is 23.3. The Bertz CT molecular complexity index is 1160. The highest BCUT2D eigenvalue weighted by molar-refractivity contribution is 5.97. The molecule has 3 rings (SSSR count). The smallest absolute Gasteiger partial charge is 0.410 e. The normalized spacial score (nSPS) is 14.0. The summed E-state index contributed by atoms with van der Waals surface area (Å²) in [6, 6.07) is 11.6. The summed E-state index contributed by atoms with van der Waals surface area (Å²) in [7, 11) is 0. The van der Waals surface area contributed by atoms with Crippen LogP contribution in [0.15, 0.2) is 42.5 Å². The molecule has 0 saturated carbocycles. The van der Waals surface area contributed by atoms with Crippen LogP contribution in [0, 0.1) is 0 Å². The Balaban J connectivity index is 1.77. The van der Waals surface area contributed by atoms with E-state index in [4.69, 9.17) is 9.47 Å². The molecule has 11 nitrogen and oxygen atoms in total. The molecule has 3 amide bonds. The fourth-order valence-electron chi connectivity index (χ4n) is 4.16. The molecule has 11 heteroatoms. The van der Waals surface area contributed by atoms with E-state index in [2.05, 4.69) is 17.2 Å². The first-order chi connectivity index (χ1) is 19.2. The van der Waals surface area contributed by atoms with Crippen molar-refractivity contribution in [2.45, 2.75) is 58.6 Å². The number of aromatic nitrogens is 1. The molecule has 1 fully saturated rings. The number of aliphatic carboxylic acids is 1. The average Bonchev–Trinajstić information content (AvgIpc) is 2.95. The van der Waals surface area contributed by atoms with Crippen LogP contribution in [0.2, 0.25) is 0 Å². The quantitative estimate of drug-likeness (QED) is 0.380. The zero-order chi connectivity index (χ0) is 29.1. The largest absolute Gasteiger partial charge is 0.493 e. The molecule has 2 heterocycles. The van der Waals surface area contributed by atoms with Gasteiger partial charge < -0.3 is 29.7 Å². The maximum atomic E-state index is 13.4. The number of carboxylic acid groups (broad SMARTS) is 1. The van der Waals surface area contributed by atoms with Gasteiger partial charge in [-0.15, -0.1) is 0 Å². The number of piperazine rings is 1. The number of hydrogen-bond acceptors (Lipinski definition) is 7. The SMILES string of the molecule is CCCCOc1cc(C(=O)N[C@@H](CCC(=O)O)C(=O)N2CCN(C(=O)OC(C)C)CC2)nc(-c2ccccc2)c1. The fourth-order valence-corrected chi connectivity index (χ4v) is 4.16. The van der Waals surface area contributed by atoms with Crippen LogP contribution in [0.4, 0.5) is 4.79 Å². The summed E-state index contributed by atoms with van der Waals surface area (Å²) in [6.07, 6.45) is 0.700. The van der Waals surface area contributed by atoms with E-state index < -0.39 is 29.9 Å². The summed E-state index contributed by atoms with van der Waals surface area (Å²) in [6.45, 7) is 7.08. The first-order valence-corrected chi connectivity index (χ1v) is 13.6. The lowest BCUT2D eigenvalue weighted by atomic mass is 10.1. The third kappa shape index (κ3) is 8.96. The molecule has 0 radical (unpaired) electrons. The third-order valence-electron chi connectivity index (χ3n) is 6.30. The highest BCUT2D eigenvalue weighted by atomic mass is 16.6. The number of unbranched alkanes of at least 4 members (excludes halogenated alkanes) is 1. The molecule has 1 aromatic heterocycles. The highest BCUT2D eigenvalue weighted by Crippen LogP contribution is 2.24. The van der Waals surface area contributed by atoms with E-state index >= 15 is 0 Å². The lowest BCUT2D eigenvalue weighted by Crippen LogP contribution is -2.56. The standard InChI is InChI=1S/C29H38N4O7/c1-4-5-17-39-22-18-24(21-9-7-6-8-10-21)30-25(19-22)27(36)31-23(11-12-26(34)35)28(37)32-13-15-33(16-14-32)29(38)40-20(2)3/h6-10,18-20,23H,4-5,11-17H2,1-3H3,(H,31,36)(H,34,35)/t23-/m0/s1. The van der Waals surface area contributed by atoms with Crippen LogP contribution >= 0.6 is 0 Å². The van der Waals surface area contributed by atoms with E-state index in [1.165, 1.54) is 15.9 Å². The fraction of sp³-hybridized carbons (Fsp3) is 0.483. The number of hydrogen-bond donors (Lipinski definition) is 2. The topological polar surface area (TPSA) is 138 Å². The van der Waals surface area contributed by atoms with Gasteiger partial charge in [0.1, 0.15) is 17.5 Å². The van der Waals surface area contributed by atoms with E-state index in [9.17, 15) is 24.3 Å². The first kappa shape index (κ1) is 30.4. The molecule has 2 aromatic rings. The van der Waals surface area contributed by atoms with Gasteiger partial charge in [-0.25, -0.2) is 9.78 Å². The number of carboxylic acids is 1. The van der Waals surface area contributed by atoms with E-state index in [0.29, 0.717) is 18.1 Å². The predicted molar refractivity (Wildman–Crippen MR) is 148 cm³/mol. The van der Waals surface area contributed by atoms with Gasteiger partial charge in [0.2, 0.25) is 5.91 Å². The lowest BCUT2D eigenvalue weighted by molar-refractivity contribution is -0.138. The van der Waals surface area contributed by atoms with Gasteiger partial charge in [-0.2, -0.15) is 0 Å². The Hall–Kier alpha value is -4.15. The molecule has 0 unspecified atom stereocenters. The van der Waals surface area contributed by atoms with Crippen LogP contribution in [-0.4, -0.2) is 88.7 Å². The van der Waals surface area contributed by atoms with E-state index in [0.717, 1.165) is 18.4 Å². The minimum Gasteiger partial charge on any atom is -0.493 e. The summed E-state index contributed by atoms with van der Waals surface area (Å²) in [4.78, 5) is 57.9. The van der Waals surface area contributed by atoms with Crippen molar-refractivity contribution >= 4 is 23.9 Å². The summed E-state index contributed by atoms with van der Waals surface area (Å²) >= 11 is 0. The van der Waals surface area contributed by atoms with Gasteiger partial charge in [0.25, 0.3) is 5.91 Å². The van der Waals surface area contributed by atoms with Gasteiger partial charge in [0.05, 0.1) is 18.4 Å². The number of rotatable bonds is 12. The van der Waals surface area contributed by atoms with Crippen LogP contribution in [0.5, 0.6) is 5.75 Å². The van der Waals surface area contributed by atoms with Crippen molar-refractivity contribution in [3.8, 4) is 17.0 Å². The second-order valence-electron chi connectivity index (χ2n) is 9.84. The molecule has 1 atom stereocenters. The molecule has 1 saturated heterocycles. The molecule has 1 aliphatic rings. The number of nitrogens with one attached hydrogen (secondary N) is 1. The van der Waals surface area contributed by atoms with Crippen molar-refractivity contribution in [1.82, 2.24) is 20.1 Å². The van der Waals surface area contributed by atoms with Crippen molar-refractivity contribution in [2.75, 3.05) is 32.8 Å². The van der Waals surface area contributed by atoms with Crippen LogP contribution < -0.4 is 10.1 Å². The maximum absolute atomic E-state index is 13.4. The minimum atomic E-state index is -1.08. The van der Waals surface area contributed by atoms with Gasteiger partial charge >= 0.3 is 12.1 Å². The van der Waals surface area contributed by atoms with Crippen molar-refractivity contribution in [1.29, 1.82) is 0 Å². The maximum Gasteiger partial charge on any atom is 0.410 e. The van der Waals surface area contributed by atoms with Crippen molar-refractivity contribution in [2.24, 2.45) is 0 Å². The Morgan fingerprint density at radius 1 is 1.02 bits per heavy atom. The van der Waals surface area contributed by atoms with Gasteiger partial charge in [0.15, 0.2) is 0 Å². The number of benzene rings is 1. The number of pyridine rings is 1. The van der Waals surface area contributed by atoms with Crippen LogP contribution in [-0.2, 0) is 14.3 Å². The third-order valence-corrected chi connectivity index (χ3v) is 6.30. The Morgan fingerprint density at radius 3 is 2.33 bits per heavy atom. The van der Waals surface area contributed by atoms with E-state index in [-0.39, 0.29) is 50.8 Å². The summed E-state index contributed by atoms with van der Waals surface area (Å²) in [5, 5.41) is 12.0. The van der Waals surface area contributed by atoms with Crippen LogP contribution in [0.3, 0.4) is 0 Å². The number of nitrogens with zero attached hydrogens (tertiary/aromatic N) is 3. The molecular weight excluding hydrogens is 516 g/mol. The highest BCUT2D eigenvalue weighted by Gasteiger charge is 2.31. The number of carbonyl (C=O) groups excluding carboxylic acids is 3. The monoisotopic (exact) mass is 554 g/mol. The molecule has 0 aliphatic carbocycles. The molecule has 1 aliphatic heterocycles. The lowest BCUT2D eigenvalue weighted by Gasteiger charge is -2.36. The average molecular weight is 555 g/mol. The summed E-state index contributed by atoms with van der Waals surface area (Å²) in [5.74, 6) is -1.62.